The van der Waals surface area contributed by atoms with Crippen LogP contribution >= 0.6 is 0 Å². The summed E-state index contributed by atoms with van der Waals surface area (Å²) >= 11 is 0. The highest BCUT2D eigenvalue weighted by molar-refractivity contribution is 5.86. The second-order valence-electron chi connectivity index (χ2n) is 19.6. The summed E-state index contributed by atoms with van der Waals surface area (Å²) in [4.78, 5) is 52.6. The number of carbonyl (C=O) groups is 4. The molecule has 5 saturated carbocycles. The molecule has 6 aliphatic rings. The van der Waals surface area contributed by atoms with Gasteiger partial charge in [0.2, 0.25) is 11.8 Å². The molecular weight excluding hydrogens is 616 g/mol. The third-order valence-electron chi connectivity index (χ3n) is 16.5. The molecule has 0 aromatic heterocycles. The normalized spacial score (nSPS) is 42.9. The Hall–Kier alpha value is -2.38. The van der Waals surface area contributed by atoms with Crippen LogP contribution in [0.1, 0.15) is 132 Å². The van der Waals surface area contributed by atoms with Gasteiger partial charge in [0.1, 0.15) is 6.10 Å². The van der Waals surface area contributed by atoms with Crippen LogP contribution in [0.5, 0.6) is 0 Å². The number of hydrogen-bond acceptors (Lipinski definition) is 5. The van der Waals surface area contributed by atoms with Gasteiger partial charge in [-0.2, -0.15) is 0 Å². The molecule has 5 aliphatic carbocycles. The van der Waals surface area contributed by atoms with Crippen molar-refractivity contribution in [2.24, 2.45) is 62.1 Å². The van der Waals surface area contributed by atoms with Crippen LogP contribution in [0.2, 0.25) is 0 Å². The molecule has 1 heterocycles. The Morgan fingerprint density at radius 3 is 2.31 bits per heavy atom. The third kappa shape index (κ3) is 5.59. The zero-order valence-electron chi connectivity index (χ0n) is 31.7. The summed E-state index contributed by atoms with van der Waals surface area (Å²) in [6.07, 6.45) is 11.1. The fourth-order valence-electron chi connectivity index (χ4n) is 13.7. The number of ether oxygens (including phenoxy) is 1. The van der Waals surface area contributed by atoms with Gasteiger partial charge in [-0.05, 0) is 136 Å². The average molecular weight is 681 g/mol. The van der Waals surface area contributed by atoms with Crippen molar-refractivity contribution in [2.45, 2.75) is 139 Å². The molecule has 10 atom stereocenters. The molecule has 0 aromatic rings. The Morgan fingerprint density at radius 2 is 1.65 bits per heavy atom. The summed E-state index contributed by atoms with van der Waals surface area (Å²) in [5.41, 5.74) is 0.320. The minimum Gasteiger partial charge on any atom is -0.481 e. The van der Waals surface area contributed by atoms with E-state index in [4.69, 9.17) is 4.74 Å². The van der Waals surface area contributed by atoms with E-state index in [-0.39, 0.29) is 58.0 Å². The quantitative estimate of drug-likeness (QED) is 0.214. The van der Waals surface area contributed by atoms with Crippen LogP contribution in [0.4, 0.5) is 0 Å². The second kappa shape index (κ2) is 12.1. The summed E-state index contributed by atoms with van der Waals surface area (Å²) in [7, 11) is 0. The summed E-state index contributed by atoms with van der Waals surface area (Å²) in [6.45, 7) is 23.6. The lowest BCUT2D eigenvalue weighted by atomic mass is 9.32. The van der Waals surface area contributed by atoms with E-state index in [9.17, 15) is 24.3 Å². The lowest BCUT2D eigenvalue weighted by molar-refractivity contribution is -0.250. The largest absolute Gasteiger partial charge is 0.481 e. The van der Waals surface area contributed by atoms with Crippen molar-refractivity contribution in [2.75, 3.05) is 19.6 Å². The first-order valence-corrected chi connectivity index (χ1v) is 19.3. The number of piperazine rings is 1. The lowest BCUT2D eigenvalue weighted by Gasteiger charge is -2.73. The molecule has 49 heavy (non-hydrogen) atoms. The molecule has 0 bridgehead atoms. The Morgan fingerprint density at radius 1 is 0.939 bits per heavy atom. The van der Waals surface area contributed by atoms with E-state index < -0.39 is 17.4 Å². The first kappa shape index (κ1) is 36.4. The first-order valence-electron chi connectivity index (χ1n) is 19.3. The van der Waals surface area contributed by atoms with Crippen LogP contribution < -0.4 is 5.32 Å². The van der Waals surface area contributed by atoms with E-state index in [1.165, 1.54) is 18.4 Å². The van der Waals surface area contributed by atoms with E-state index >= 15 is 0 Å². The van der Waals surface area contributed by atoms with Gasteiger partial charge < -0.3 is 20.1 Å². The van der Waals surface area contributed by atoms with Gasteiger partial charge in [-0.3, -0.25) is 19.2 Å². The van der Waals surface area contributed by atoms with Crippen LogP contribution in [-0.4, -0.2) is 59.5 Å². The van der Waals surface area contributed by atoms with Crippen LogP contribution in [0, 0.1) is 62.1 Å². The molecule has 6 rings (SSSR count). The van der Waals surface area contributed by atoms with Gasteiger partial charge >= 0.3 is 11.9 Å². The van der Waals surface area contributed by atoms with Crippen molar-refractivity contribution in [3.8, 4) is 0 Å². The number of rotatable bonds is 7. The van der Waals surface area contributed by atoms with Gasteiger partial charge in [-0.15, -0.1) is 0 Å². The minimum absolute atomic E-state index is 0.0256. The van der Waals surface area contributed by atoms with Crippen LogP contribution in [0.25, 0.3) is 0 Å². The Kier molecular flexibility index (Phi) is 9.00. The third-order valence-corrected chi connectivity index (χ3v) is 16.5. The average Bonchev–Trinajstić information content (AvgIpc) is 3.38. The highest BCUT2D eigenvalue weighted by Gasteiger charge is 2.71. The number of carboxylic acid groups (broad SMARTS) is 1. The molecule has 8 heteroatoms. The molecule has 0 unspecified atom stereocenters. The summed E-state index contributed by atoms with van der Waals surface area (Å²) in [5, 5.41) is 12.5. The van der Waals surface area contributed by atoms with Gasteiger partial charge in [0.15, 0.2) is 0 Å². The smallest absolute Gasteiger partial charge is 0.309 e. The first-order chi connectivity index (χ1) is 22.7. The van der Waals surface area contributed by atoms with Crippen LogP contribution in [0.15, 0.2) is 12.2 Å². The maximum absolute atomic E-state index is 13.9. The van der Waals surface area contributed by atoms with E-state index in [1.54, 1.807) is 18.7 Å². The zero-order chi connectivity index (χ0) is 35.9. The number of nitrogens with one attached hydrogen (secondary N) is 1. The van der Waals surface area contributed by atoms with Gasteiger partial charge in [0.25, 0.3) is 0 Å². The molecule has 2 amide bonds. The van der Waals surface area contributed by atoms with Gasteiger partial charge in [-0.25, -0.2) is 0 Å². The monoisotopic (exact) mass is 680 g/mol. The fraction of sp³-hybridized carbons (Fsp3) is 0.854. The maximum atomic E-state index is 13.9. The topological polar surface area (TPSA) is 113 Å². The predicted molar refractivity (Wildman–Crippen MR) is 189 cm³/mol. The van der Waals surface area contributed by atoms with Crippen molar-refractivity contribution in [1.29, 1.82) is 0 Å². The maximum Gasteiger partial charge on any atom is 0.309 e. The van der Waals surface area contributed by atoms with Crippen LogP contribution in [-0.2, 0) is 23.9 Å². The molecule has 0 aromatic carbocycles. The van der Waals surface area contributed by atoms with Crippen molar-refractivity contribution in [3.63, 3.8) is 0 Å². The summed E-state index contributed by atoms with van der Waals surface area (Å²) < 4.78 is 6.16. The number of allylic oxidation sites excluding steroid dienone is 1. The highest BCUT2D eigenvalue weighted by Crippen LogP contribution is 2.78. The van der Waals surface area contributed by atoms with E-state index in [0.29, 0.717) is 49.1 Å². The molecule has 0 radical (unpaired) electrons. The second-order valence-corrected chi connectivity index (χ2v) is 19.6. The SMILES string of the molecule is C=C(C)[C@@H]1CC[C@]2(CC(=O)N3CCNC(=O)C3)CC[C@]3(C)[C@H](CC[C@@H]4[C@@]5(C)CC[C@H](OC(=O)CC(C)(C)C(=O)O)C(C)(C)[C@@H]5CC[C@]43C)[C@@H]12. The number of aliphatic carboxylic acids is 1. The predicted octanol–water partition coefficient (Wildman–Crippen LogP) is 7.41. The molecule has 2 N–H and O–H groups in total. The van der Waals surface area contributed by atoms with E-state index in [1.807, 2.05) is 0 Å². The molecule has 1 saturated heterocycles. The van der Waals surface area contributed by atoms with Gasteiger partial charge in [0.05, 0.1) is 18.4 Å². The fourth-order valence-corrected chi connectivity index (χ4v) is 13.7. The number of fused-ring (bicyclic) bond motifs is 7. The Labute approximate surface area is 294 Å². The van der Waals surface area contributed by atoms with E-state index in [0.717, 1.165) is 51.4 Å². The lowest BCUT2D eigenvalue weighted by Crippen LogP contribution is -2.67. The van der Waals surface area contributed by atoms with Crippen molar-refractivity contribution in [3.05, 3.63) is 12.2 Å². The zero-order valence-corrected chi connectivity index (χ0v) is 31.7. The highest BCUT2D eigenvalue weighted by atomic mass is 16.5. The van der Waals surface area contributed by atoms with Crippen molar-refractivity contribution < 1.29 is 29.0 Å². The number of nitrogens with zero attached hydrogens (tertiary/aromatic N) is 1. The summed E-state index contributed by atoms with van der Waals surface area (Å²) in [5.74, 6) is 1.10. The molecule has 8 nitrogen and oxygen atoms in total. The summed E-state index contributed by atoms with van der Waals surface area (Å²) in [6, 6.07) is 0. The molecule has 1 aliphatic heterocycles. The number of esters is 1. The Bertz CT molecular complexity index is 1400. The number of hydrogen-bond donors (Lipinski definition) is 2. The molecule has 0 spiro atoms. The molecule has 274 valence electrons. The Balaban J connectivity index is 1.25. The number of carboxylic acids is 1. The van der Waals surface area contributed by atoms with Crippen molar-refractivity contribution >= 4 is 23.8 Å². The van der Waals surface area contributed by atoms with Crippen LogP contribution in [0.3, 0.4) is 0 Å². The number of amides is 2. The minimum atomic E-state index is -1.15. The number of carbonyl (C=O) groups excluding carboxylic acids is 3. The van der Waals surface area contributed by atoms with E-state index in [2.05, 4.69) is 53.4 Å². The molecular formula is C41H64N2O6. The molecule has 6 fully saturated rings. The van der Waals surface area contributed by atoms with Gasteiger partial charge in [-0.1, -0.05) is 46.8 Å². The standard InChI is InChI=1S/C41H64N2O6/c1-25(2)26-12-17-41(22-32(45)43-21-20-42-31(44)24-43)19-18-39(8)27(34(26)41)10-11-29-38(7)15-14-30(49-33(46)23-36(3,4)35(47)48)37(5,6)28(38)13-16-40(29,39)9/h26-30,34H,1,10-24H2,2-9H3,(H,42,44)(H,47,48)/t26-,27+,28-,29+,30-,34+,38-,39+,40+,41+/m0/s1. The van der Waals surface area contributed by atoms with Crippen molar-refractivity contribution in [1.82, 2.24) is 10.2 Å². The van der Waals surface area contributed by atoms with Gasteiger partial charge in [0, 0.05) is 24.9 Å².